The molecule has 3 rings (SSSR count). The minimum Gasteiger partial charge on any atom is -0.351 e. The number of aryl methyl sites for hydroxylation is 1. The molecular weight excluding hydrogens is 322 g/mol. The number of aromatic nitrogens is 1. The van der Waals surface area contributed by atoms with E-state index in [1.165, 1.54) is 10.9 Å². The maximum Gasteiger partial charge on any atom is 0.253 e. The third-order valence-electron chi connectivity index (χ3n) is 5.01. The predicted octanol–water partition coefficient (Wildman–Crippen LogP) is 4.02. The Balaban J connectivity index is 1.91. The van der Waals surface area contributed by atoms with E-state index in [9.17, 15) is 4.79 Å². The molecule has 0 aliphatic rings. The van der Waals surface area contributed by atoms with E-state index >= 15 is 0 Å². The van der Waals surface area contributed by atoms with Crippen LogP contribution in [0, 0.1) is 0 Å². The Labute approximate surface area is 155 Å². The third-order valence-corrected chi connectivity index (χ3v) is 5.01. The number of fused-ring (bicyclic) bond motifs is 2. The number of hydrogen-bond acceptors (Lipinski definition) is 3. The van der Waals surface area contributed by atoms with Crippen molar-refractivity contribution in [3.05, 3.63) is 53.6 Å². The average molecular weight is 349 g/mol. The van der Waals surface area contributed by atoms with Gasteiger partial charge in [0, 0.05) is 23.9 Å². The van der Waals surface area contributed by atoms with Crippen LogP contribution in [0.1, 0.15) is 36.7 Å². The number of nitrogens with one attached hydrogen (secondary N) is 1. The summed E-state index contributed by atoms with van der Waals surface area (Å²) in [4.78, 5) is 19.8. The smallest absolute Gasteiger partial charge is 0.253 e. The van der Waals surface area contributed by atoms with E-state index < -0.39 is 0 Å². The van der Waals surface area contributed by atoms with Crippen LogP contribution in [-0.4, -0.2) is 42.0 Å². The lowest BCUT2D eigenvalue weighted by Crippen LogP contribution is -2.34. The standard InChI is InChI=1S/C22H27N3O/c1-4-16-9-8-12-20-19(16)15-17-10-7-11-18(21(17)24-20)22(26)23-13-14-25(5-2)6-3/h7-12,15H,4-6,13-14H2,1-3H3,(H,23,26). The Bertz CT molecular complexity index is 916. The zero-order valence-electron chi connectivity index (χ0n) is 15.9. The van der Waals surface area contributed by atoms with Crippen molar-refractivity contribution in [2.45, 2.75) is 27.2 Å². The van der Waals surface area contributed by atoms with Gasteiger partial charge in [0.2, 0.25) is 0 Å². The maximum absolute atomic E-state index is 12.7. The summed E-state index contributed by atoms with van der Waals surface area (Å²) >= 11 is 0. The summed E-state index contributed by atoms with van der Waals surface area (Å²) in [5.41, 5.74) is 3.64. The van der Waals surface area contributed by atoms with Gasteiger partial charge in [-0.3, -0.25) is 4.79 Å². The highest BCUT2D eigenvalue weighted by atomic mass is 16.1. The number of amides is 1. The second-order valence-corrected chi connectivity index (χ2v) is 6.49. The molecule has 26 heavy (non-hydrogen) atoms. The van der Waals surface area contributed by atoms with E-state index in [0.29, 0.717) is 12.1 Å². The Morgan fingerprint density at radius 3 is 2.58 bits per heavy atom. The van der Waals surface area contributed by atoms with Crippen LogP contribution in [0.4, 0.5) is 0 Å². The van der Waals surface area contributed by atoms with Gasteiger partial charge in [-0.15, -0.1) is 0 Å². The number of para-hydroxylation sites is 1. The highest BCUT2D eigenvalue weighted by Gasteiger charge is 2.13. The van der Waals surface area contributed by atoms with Gasteiger partial charge in [0.15, 0.2) is 0 Å². The topological polar surface area (TPSA) is 45.2 Å². The van der Waals surface area contributed by atoms with E-state index in [0.717, 1.165) is 42.5 Å². The summed E-state index contributed by atoms with van der Waals surface area (Å²) in [5, 5.41) is 5.22. The lowest BCUT2D eigenvalue weighted by Gasteiger charge is -2.18. The van der Waals surface area contributed by atoms with Crippen LogP contribution in [0.2, 0.25) is 0 Å². The van der Waals surface area contributed by atoms with E-state index in [2.05, 4.69) is 43.1 Å². The van der Waals surface area contributed by atoms with Crippen LogP contribution < -0.4 is 5.32 Å². The molecule has 0 saturated carbocycles. The van der Waals surface area contributed by atoms with Crippen LogP contribution in [0.25, 0.3) is 21.8 Å². The molecule has 0 unspecified atom stereocenters. The van der Waals surface area contributed by atoms with Crippen LogP contribution >= 0.6 is 0 Å². The second kappa shape index (κ2) is 8.28. The Morgan fingerprint density at radius 2 is 1.85 bits per heavy atom. The van der Waals surface area contributed by atoms with Crippen molar-refractivity contribution < 1.29 is 4.79 Å². The highest BCUT2D eigenvalue weighted by Crippen LogP contribution is 2.25. The molecule has 1 aromatic heterocycles. The van der Waals surface area contributed by atoms with Gasteiger partial charge >= 0.3 is 0 Å². The largest absolute Gasteiger partial charge is 0.351 e. The van der Waals surface area contributed by atoms with Crippen molar-refractivity contribution in [3.63, 3.8) is 0 Å². The first-order valence-corrected chi connectivity index (χ1v) is 9.49. The van der Waals surface area contributed by atoms with Gasteiger partial charge in [-0.2, -0.15) is 0 Å². The fourth-order valence-corrected chi connectivity index (χ4v) is 3.40. The fraction of sp³-hybridized carbons (Fsp3) is 0.364. The summed E-state index contributed by atoms with van der Waals surface area (Å²) in [6, 6.07) is 14.2. The molecule has 4 nitrogen and oxygen atoms in total. The van der Waals surface area contributed by atoms with Crippen molar-refractivity contribution in [1.82, 2.24) is 15.2 Å². The fourth-order valence-electron chi connectivity index (χ4n) is 3.40. The molecular formula is C22H27N3O. The molecule has 136 valence electrons. The lowest BCUT2D eigenvalue weighted by atomic mass is 10.0. The number of nitrogens with zero attached hydrogens (tertiary/aromatic N) is 2. The highest BCUT2D eigenvalue weighted by molar-refractivity contribution is 6.08. The van der Waals surface area contributed by atoms with Gasteiger partial charge in [0.05, 0.1) is 16.6 Å². The molecule has 0 spiro atoms. The Kier molecular flexibility index (Phi) is 5.84. The van der Waals surface area contributed by atoms with Gasteiger partial charge in [-0.1, -0.05) is 45.0 Å². The molecule has 0 bridgehead atoms. The summed E-state index contributed by atoms with van der Waals surface area (Å²) in [6.07, 6.45) is 0.968. The van der Waals surface area contributed by atoms with E-state index in [1.807, 2.05) is 30.3 Å². The van der Waals surface area contributed by atoms with Crippen molar-refractivity contribution >= 4 is 27.7 Å². The SMILES string of the molecule is CCc1cccc2nc3c(C(=O)NCCN(CC)CC)cccc3cc12. The quantitative estimate of drug-likeness (QED) is 0.655. The minimum atomic E-state index is -0.0544. The van der Waals surface area contributed by atoms with Gasteiger partial charge in [-0.05, 0) is 43.3 Å². The molecule has 1 amide bonds. The van der Waals surface area contributed by atoms with Gasteiger partial charge < -0.3 is 10.2 Å². The van der Waals surface area contributed by atoms with E-state index in [1.54, 1.807) is 0 Å². The van der Waals surface area contributed by atoms with Crippen LogP contribution in [0.15, 0.2) is 42.5 Å². The molecule has 0 aliphatic heterocycles. The molecule has 0 atom stereocenters. The third kappa shape index (κ3) is 3.70. The first-order valence-electron chi connectivity index (χ1n) is 9.49. The summed E-state index contributed by atoms with van der Waals surface area (Å²) in [7, 11) is 0. The number of carbonyl (C=O) groups excluding carboxylic acids is 1. The minimum absolute atomic E-state index is 0.0544. The molecule has 0 saturated heterocycles. The summed E-state index contributed by atoms with van der Waals surface area (Å²) < 4.78 is 0. The van der Waals surface area contributed by atoms with Crippen molar-refractivity contribution in [2.24, 2.45) is 0 Å². The summed E-state index contributed by atoms with van der Waals surface area (Å²) in [6.45, 7) is 9.91. The van der Waals surface area contributed by atoms with Crippen molar-refractivity contribution in [3.8, 4) is 0 Å². The predicted molar refractivity (Wildman–Crippen MR) is 109 cm³/mol. The lowest BCUT2D eigenvalue weighted by molar-refractivity contribution is 0.0950. The zero-order chi connectivity index (χ0) is 18.5. The maximum atomic E-state index is 12.7. The number of likely N-dealkylation sites (N-methyl/N-ethyl adjacent to an activating group) is 1. The van der Waals surface area contributed by atoms with Crippen LogP contribution in [-0.2, 0) is 6.42 Å². The van der Waals surface area contributed by atoms with Gasteiger partial charge in [0.1, 0.15) is 0 Å². The second-order valence-electron chi connectivity index (χ2n) is 6.49. The molecule has 2 aromatic carbocycles. The monoisotopic (exact) mass is 349 g/mol. The van der Waals surface area contributed by atoms with Crippen LogP contribution in [0.5, 0.6) is 0 Å². The average Bonchev–Trinajstić information content (AvgIpc) is 2.68. The van der Waals surface area contributed by atoms with Crippen LogP contribution in [0.3, 0.4) is 0 Å². The number of carbonyl (C=O) groups is 1. The van der Waals surface area contributed by atoms with Crippen molar-refractivity contribution in [1.29, 1.82) is 0 Å². The first kappa shape index (κ1) is 18.3. The number of pyridine rings is 1. The summed E-state index contributed by atoms with van der Waals surface area (Å²) in [5.74, 6) is -0.0544. The zero-order valence-corrected chi connectivity index (χ0v) is 15.9. The molecule has 4 heteroatoms. The Morgan fingerprint density at radius 1 is 1.08 bits per heavy atom. The molecule has 1 heterocycles. The number of hydrogen-bond donors (Lipinski definition) is 1. The number of rotatable bonds is 7. The molecule has 3 aromatic rings. The van der Waals surface area contributed by atoms with Gasteiger partial charge in [0.25, 0.3) is 5.91 Å². The molecule has 0 fully saturated rings. The Hall–Kier alpha value is -2.46. The molecule has 1 N–H and O–H groups in total. The molecule has 0 radical (unpaired) electrons. The number of benzene rings is 2. The molecule has 0 aliphatic carbocycles. The van der Waals surface area contributed by atoms with E-state index in [4.69, 9.17) is 4.98 Å². The van der Waals surface area contributed by atoms with E-state index in [-0.39, 0.29) is 5.91 Å². The van der Waals surface area contributed by atoms with Crippen molar-refractivity contribution in [2.75, 3.05) is 26.2 Å². The van der Waals surface area contributed by atoms with Gasteiger partial charge in [-0.25, -0.2) is 4.98 Å². The first-order chi connectivity index (χ1) is 12.7. The normalized spacial score (nSPS) is 11.4.